The normalized spacial score (nSPS) is 12.6. The first kappa shape index (κ1) is 31.7. The monoisotopic (exact) mass is 636 g/mol. The summed E-state index contributed by atoms with van der Waals surface area (Å²) in [7, 11) is 1.70. The summed E-state index contributed by atoms with van der Waals surface area (Å²) in [4.78, 5) is 3.32. The maximum absolute atomic E-state index is 5.37. The zero-order valence-corrected chi connectivity index (χ0v) is 28.8. The average molecular weight is 637 g/mol. The van der Waals surface area contributed by atoms with Crippen LogP contribution in [0.4, 0.5) is 0 Å². The Balaban J connectivity index is 1.32. The van der Waals surface area contributed by atoms with Gasteiger partial charge in [-0.2, -0.15) is 0 Å². The van der Waals surface area contributed by atoms with Gasteiger partial charge in [0.2, 0.25) is 0 Å². The summed E-state index contributed by atoms with van der Waals surface area (Å²) < 4.78 is 5.37. The van der Waals surface area contributed by atoms with Crippen molar-refractivity contribution in [2.45, 2.75) is 64.7 Å². The molecule has 1 nitrogen and oxygen atoms in total. The van der Waals surface area contributed by atoms with Gasteiger partial charge in [-0.05, 0) is 102 Å². The van der Waals surface area contributed by atoms with Gasteiger partial charge in [-0.3, -0.25) is 0 Å². The first-order valence-electron chi connectivity index (χ1n) is 16.3. The SMILES string of the molecule is CCCCC1(CCCC)c2cc(C#Cc3ccc(/C=C/c4ccc(C)cc4)s3)ccc2-c2ccc(C#Cc3ccc(OC)s3)cc21. The number of ether oxygens (including phenoxy) is 1. The summed E-state index contributed by atoms with van der Waals surface area (Å²) in [5.74, 6) is 13.8. The van der Waals surface area contributed by atoms with Gasteiger partial charge in [0.25, 0.3) is 0 Å². The highest BCUT2D eigenvalue weighted by atomic mass is 32.1. The molecule has 0 bridgehead atoms. The van der Waals surface area contributed by atoms with E-state index in [0.717, 1.165) is 38.8 Å². The van der Waals surface area contributed by atoms with Crippen molar-refractivity contribution in [2.75, 3.05) is 7.11 Å². The van der Waals surface area contributed by atoms with Gasteiger partial charge in [0.05, 0.1) is 16.9 Å². The number of rotatable bonds is 9. The van der Waals surface area contributed by atoms with Gasteiger partial charge in [0.15, 0.2) is 5.06 Å². The quantitative estimate of drug-likeness (QED) is 0.146. The van der Waals surface area contributed by atoms with Crippen LogP contribution in [0, 0.1) is 30.6 Å². The molecule has 1 aliphatic rings. The van der Waals surface area contributed by atoms with Crippen LogP contribution in [0.5, 0.6) is 5.06 Å². The Morgan fingerprint density at radius 3 is 1.80 bits per heavy atom. The van der Waals surface area contributed by atoms with E-state index >= 15 is 0 Å². The Kier molecular flexibility index (Phi) is 9.94. The van der Waals surface area contributed by atoms with Crippen LogP contribution in [-0.4, -0.2) is 7.11 Å². The first-order valence-corrected chi connectivity index (χ1v) is 18.0. The standard InChI is InChI=1S/C43H40OS2/c1-5-7-27-43(28-8-6-2)40-29-33(14-19-36-22-21-35(45-36)18-13-32-11-9-31(3)10-12-32)16-24-38(40)39-25-17-34(30-41(39)43)15-20-37-23-26-42(44-4)46-37/h9-13,16-18,21-26,29-30H,5-8,27-28H2,1-4H3/b18-13+. The second kappa shape index (κ2) is 14.4. The first-order chi connectivity index (χ1) is 22.5. The Labute approximate surface area is 283 Å². The Bertz CT molecular complexity index is 1970. The third kappa shape index (κ3) is 6.93. The molecule has 0 unspecified atom stereocenters. The number of hydrogen-bond donors (Lipinski definition) is 0. The van der Waals surface area contributed by atoms with Crippen molar-refractivity contribution >= 4 is 34.8 Å². The number of unbranched alkanes of at least 4 members (excludes halogenated alkanes) is 2. The van der Waals surface area contributed by atoms with Gasteiger partial charge in [-0.1, -0.05) is 123 Å². The number of fused-ring (bicyclic) bond motifs is 3. The van der Waals surface area contributed by atoms with Crippen molar-refractivity contribution in [1.29, 1.82) is 0 Å². The van der Waals surface area contributed by atoms with Gasteiger partial charge in [0.1, 0.15) is 0 Å². The lowest BCUT2D eigenvalue weighted by Crippen LogP contribution is -2.25. The lowest BCUT2D eigenvalue weighted by atomic mass is 9.70. The van der Waals surface area contributed by atoms with Crippen molar-refractivity contribution in [3.05, 3.63) is 133 Å². The topological polar surface area (TPSA) is 9.23 Å². The van der Waals surface area contributed by atoms with Crippen LogP contribution in [0.1, 0.15) is 100 Å². The second-order valence-electron chi connectivity index (χ2n) is 12.1. The lowest BCUT2D eigenvalue weighted by Gasteiger charge is -2.33. The number of hydrogen-bond acceptors (Lipinski definition) is 3. The summed E-state index contributed by atoms with van der Waals surface area (Å²) >= 11 is 3.32. The molecule has 0 aliphatic heterocycles. The number of aryl methyl sites for hydroxylation is 1. The minimum absolute atomic E-state index is 0.0188. The minimum atomic E-state index is -0.0188. The molecule has 0 N–H and O–H groups in total. The van der Waals surface area contributed by atoms with Crippen molar-refractivity contribution in [3.8, 4) is 39.9 Å². The van der Waals surface area contributed by atoms with E-state index < -0.39 is 0 Å². The van der Waals surface area contributed by atoms with Gasteiger partial charge in [-0.15, -0.1) is 11.3 Å². The van der Waals surface area contributed by atoms with Crippen molar-refractivity contribution in [3.63, 3.8) is 0 Å². The van der Waals surface area contributed by atoms with E-state index in [2.05, 4.69) is 129 Å². The van der Waals surface area contributed by atoms with E-state index in [1.165, 1.54) is 63.9 Å². The smallest absolute Gasteiger partial charge is 0.174 e. The molecule has 1 aliphatic carbocycles. The molecule has 230 valence electrons. The fraction of sp³-hybridized carbons (Fsp3) is 0.256. The van der Waals surface area contributed by atoms with Crippen molar-refractivity contribution in [1.82, 2.24) is 0 Å². The Hall–Kier alpha value is -4.28. The summed E-state index contributed by atoms with van der Waals surface area (Å²) in [6, 6.07) is 30.7. The number of benzene rings is 3. The molecule has 0 amide bonds. The van der Waals surface area contributed by atoms with Gasteiger partial charge >= 0.3 is 0 Å². The van der Waals surface area contributed by atoms with Crippen LogP contribution >= 0.6 is 22.7 Å². The molecule has 0 spiro atoms. The zero-order valence-electron chi connectivity index (χ0n) is 27.2. The van der Waals surface area contributed by atoms with E-state index in [-0.39, 0.29) is 5.41 Å². The van der Waals surface area contributed by atoms with Gasteiger partial charge in [0, 0.05) is 21.4 Å². The molecule has 0 saturated heterocycles. The zero-order chi connectivity index (χ0) is 31.9. The van der Waals surface area contributed by atoms with Crippen LogP contribution in [-0.2, 0) is 5.41 Å². The molecule has 5 aromatic rings. The second-order valence-corrected chi connectivity index (χ2v) is 14.2. The van der Waals surface area contributed by atoms with Crippen LogP contribution in [0.2, 0.25) is 0 Å². The molecular formula is C43H40OS2. The van der Waals surface area contributed by atoms with E-state index in [1.54, 1.807) is 29.8 Å². The maximum atomic E-state index is 5.37. The predicted octanol–water partition coefficient (Wildman–Crippen LogP) is 11.7. The molecule has 0 atom stereocenters. The van der Waals surface area contributed by atoms with Crippen molar-refractivity contribution < 1.29 is 4.74 Å². The molecule has 0 radical (unpaired) electrons. The molecule has 2 aromatic heterocycles. The molecule has 0 saturated carbocycles. The van der Waals surface area contributed by atoms with E-state index in [1.807, 2.05) is 12.1 Å². The molecule has 3 aromatic carbocycles. The highest BCUT2D eigenvalue weighted by Gasteiger charge is 2.42. The Morgan fingerprint density at radius 1 is 0.652 bits per heavy atom. The fourth-order valence-corrected chi connectivity index (χ4v) is 7.84. The molecule has 3 heteroatoms. The Morgan fingerprint density at radius 2 is 1.24 bits per heavy atom. The minimum Gasteiger partial charge on any atom is -0.487 e. The summed E-state index contributed by atoms with van der Waals surface area (Å²) in [5.41, 5.74) is 10.2. The maximum Gasteiger partial charge on any atom is 0.174 e. The van der Waals surface area contributed by atoms with Crippen LogP contribution in [0.25, 0.3) is 23.3 Å². The molecule has 6 rings (SSSR count). The van der Waals surface area contributed by atoms with Crippen molar-refractivity contribution in [2.24, 2.45) is 0 Å². The molecular weight excluding hydrogens is 597 g/mol. The molecule has 46 heavy (non-hydrogen) atoms. The number of methoxy groups -OCH3 is 1. The highest BCUT2D eigenvalue weighted by Crippen LogP contribution is 2.54. The third-order valence-electron chi connectivity index (χ3n) is 8.86. The number of thiophene rings is 2. The van der Waals surface area contributed by atoms with Crippen LogP contribution in [0.15, 0.2) is 84.9 Å². The summed E-state index contributed by atoms with van der Waals surface area (Å²) in [6.07, 6.45) is 11.4. The third-order valence-corrected chi connectivity index (χ3v) is 10.8. The van der Waals surface area contributed by atoms with Gasteiger partial charge in [-0.25, -0.2) is 0 Å². The molecule has 2 heterocycles. The predicted molar refractivity (Wildman–Crippen MR) is 199 cm³/mol. The average Bonchev–Trinajstić information content (AvgIpc) is 3.81. The van der Waals surface area contributed by atoms with E-state index in [0.29, 0.717) is 0 Å². The van der Waals surface area contributed by atoms with Crippen LogP contribution < -0.4 is 4.74 Å². The van der Waals surface area contributed by atoms with Crippen LogP contribution in [0.3, 0.4) is 0 Å². The lowest BCUT2D eigenvalue weighted by molar-refractivity contribution is 0.414. The molecule has 0 fully saturated rings. The van der Waals surface area contributed by atoms with E-state index in [4.69, 9.17) is 4.74 Å². The fourth-order valence-electron chi connectivity index (χ4n) is 6.40. The van der Waals surface area contributed by atoms with E-state index in [9.17, 15) is 0 Å². The summed E-state index contributed by atoms with van der Waals surface area (Å²) in [6.45, 7) is 6.72. The summed E-state index contributed by atoms with van der Waals surface area (Å²) in [5, 5.41) is 0.889. The van der Waals surface area contributed by atoms with Gasteiger partial charge < -0.3 is 4.74 Å². The highest BCUT2D eigenvalue weighted by molar-refractivity contribution is 7.14. The largest absolute Gasteiger partial charge is 0.487 e.